The molecule has 1 aliphatic rings. The molecule has 2 aromatic rings. The molecule has 0 aliphatic heterocycles. The Balaban J connectivity index is 1.83. The smallest absolute Gasteiger partial charge is 0.335 e. The number of hydrogen-bond donors (Lipinski definition) is 2. The zero-order valence-electron chi connectivity index (χ0n) is 16.1. The van der Waals surface area contributed by atoms with Gasteiger partial charge >= 0.3 is 5.97 Å². The van der Waals surface area contributed by atoms with Gasteiger partial charge in [-0.15, -0.1) is 11.3 Å². The van der Waals surface area contributed by atoms with Crippen LogP contribution in [0.25, 0.3) is 10.6 Å². The van der Waals surface area contributed by atoms with Gasteiger partial charge in [0.05, 0.1) is 12.2 Å². The van der Waals surface area contributed by atoms with Crippen LogP contribution in [-0.4, -0.2) is 27.4 Å². The topological polar surface area (TPSA) is 59.4 Å². The van der Waals surface area contributed by atoms with Crippen molar-refractivity contribution in [2.45, 2.75) is 57.6 Å². The normalized spacial score (nSPS) is 16.9. The fourth-order valence-corrected chi connectivity index (χ4v) is 4.76. The molecule has 0 amide bonds. The Labute approximate surface area is 170 Å². The van der Waals surface area contributed by atoms with Crippen LogP contribution in [0, 0.1) is 12.3 Å². The van der Waals surface area contributed by atoms with Gasteiger partial charge < -0.3 is 9.84 Å². The van der Waals surface area contributed by atoms with E-state index < -0.39 is 5.97 Å². The van der Waals surface area contributed by atoms with Gasteiger partial charge in [0.1, 0.15) is 10.8 Å². The van der Waals surface area contributed by atoms with Gasteiger partial charge in [0, 0.05) is 26.8 Å². The van der Waals surface area contributed by atoms with Crippen LogP contribution in [0.4, 0.5) is 0 Å². The van der Waals surface area contributed by atoms with Crippen molar-refractivity contribution in [1.82, 2.24) is 4.98 Å². The van der Waals surface area contributed by atoms with E-state index in [0.29, 0.717) is 12.4 Å². The van der Waals surface area contributed by atoms with E-state index in [2.05, 4.69) is 18.8 Å². The van der Waals surface area contributed by atoms with Gasteiger partial charge in [0.25, 0.3) is 0 Å². The molecule has 1 aromatic carbocycles. The Kier molecular flexibility index (Phi) is 5.87. The average molecular weight is 406 g/mol. The first kappa shape index (κ1) is 20.2. The van der Waals surface area contributed by atoms with Crippen LogP contribution in [0.5, 0.6) is 5.75 Å². The van der Waals surface area contributed by atoms with Gasteiger partial charge in [-0.3, -0.25) is 0 Å². The zero-order valence-corrected chi connectivity index (χ0v) is 17.8. The highest BCUT2D eigenvalue weighted by atomic mass is 32.1. The highest BCUT2D eigenvalue weighted by Gasteiger charge is 2.43. The third kappa shape index (κ3) is 4.49. The Morgan fingerprint density at radius 3 is 2.59 bits per heavy atom. The molecule has 0 radical (unpaired) electrons. The van der Waals surface area contributed by atoms with Gasteiger partial charge in [-0.1, -0.05) is 33.1 Å². The maximum absolute atomic E-state index is 11.6. The van der Waals surface area contributed by atoms with E-state index in [1.807, 2.05) is 13.0 Å². The van der Waals surface area contributed by atoms with Crippen molar-refractivity contribution in [2.24, 2.45) is 5.41 Å². The summed E-state index contributed by atoms with van der Waals surface area (Å²) in [4.78, 5) is 17.0. The van der Waals surface area contributed by atoms with Gasteiger partial charge in [-0.05, 0) is 38.0 Å². The molecule has 1 heterocycles. The average Bonchev–Trinajstić information content (AvgIpc) is 3.07. The molecule has 1 fully saturated rings. The first-order valence-electron chi connectivity index (χ1n) is 9.37. The van der Waals surface area contributed by atoms with Crippen LogP contribution in [0.15, 0.2) is 24.4 Å². The molecule has 0 unspecified atom stereocenters. The second kappa shape index (κ2) is 7.84. The number of carbonyl (C=O) groups is 1. The number of aromatic carboxylic acids is 1. The number of thiazole rings is 1. The van der Waals surface area contributed by atoms with E-state index in [0.717, 1.165) is 28.3 Å². The molecule has 0 spiro atoms. The number of aromatic nitrogens is 1. The van der Waals surface area contributed by atoms with Crippen molar-refractivity contribution in [3.05, 3.63) is 34.8 Å². The van der Waals surface area contributed by atoms with Crippen molar-refractivity contribution in [3.63, 3.8) is 0 Å². The molecule has 1 aromatic heterocycles. The Bertz CT molecular complexity index is 823. The number of ether oxygens (including phenoxy) is 1. The maximum Gasteiger partial charge on any atom is 0.335 e. The standard InChI is InChI=1S/C21H27NO3S2/c1-14-12-22-18(27-14)15-9-16(19(23)24)11-17(10-15)25-13-20(2,3)21(26)7-5-4-6-8-21/h9-12,26H,4-8,13H2,1-3H3,(H,23,24). The summed E-state index contributed by atoms with van der Waals surface area (Å²) in [5.41, 5.74) is 0.874. The minimum atomic E-state index is -0.966. The number of hydrogen-bond acceptors (Lipinski definition) is 5. The minimum absolute atomic E-state index is 0.0507. The summed E-state index contributed by atoms with van der Waals surface area (Å²) in [6.07, 6.45) is 7.65. The van der Waals surface area contributed by atoms with E-state index >= 15 is 0 Å². The predicted octanol–water partition coefficient (Wildman–Crippen LogP) is 5.85. The SMILES string of the molecule is Cc1cnc(-c2cc(OCC(C)(C)C3(S)CCCCC3)cc(C(=O)O)c2)s1. The third-order valence-corrected chi connectivity index (χ3v) is 7.58. The van der Waals surface area contributed by atoms with Gasteiger partial charge in [-0.2, -0.15) is 12.6 Å². The number of carboxylic acid groups (broad SMARTS) is 1. The van der Waals surface area contributed by atoms with Crippen molar-refractivity contribution in [3.8, 4) is 16.3 Å². The number of carboxylic acids is 1. The summed E-state index contributed by atoms with van der Waals surface area (Å²) >= 11 is 6.57. The quantitative estimate of drug-likeness (QED) is 0.592. The first-order chi connectivity index (χ1) is 12.7. The lowest BCUT2D eigenvalue weighted by Crippen LogP contribution is -2.45. The summed E-state index contributed by atoms with van der Waals surface area (Å²) in [6.45, 7) is 6.86. The second-order valence-electron chi connectivity index (χ2n) is 8.09. The fraction of sp³-hybridized carbons (Fsp3) is 0.524. The molecule has 0 atom stereocenters. The van der Waals surface area contributed by atoms with E-state index in [1.54, 1.807) is 29.7 Å². The number of nitrogens with zero attached hydrogens (tertiary/aromatic N) is 1. The molecular weight excluding hydrogens is 378 g/mol. The van der Waals surface area contributed by atoms with E-state index in [4.69, 9.17) is 17.4 Å². The first-order valence-corrected chi connectivity index (χ1v) is 10.6. The summed E-state index contributed by atoms with van der Waals surface area (Å²) in [7, 11) is 0. The van der Waals surface area contributed by atoms with Crippen LogP contribution in [0.3, 0.4) is 0 Å². The second-order valence-corrected chi connectivity index (χ2v) is 10.2. The molecule has 6 heteroatoms. The van der Waals surface area contributed by atoms with Gasteiger partial charge in [0.15, 0.2) is 0 Å². The van der Waals surface area contributed by atoms with Crippen LogP contribution in [0.1, 0.15) is 61.2 Å². The fourth-order valence-electron chi connectivity index (χ4n) is 3.63. The van der Waals surface area contributed by atoms with Gasteiger partial charge in [-0.25, -0.2) is 9.78 Å². The molecule has 0 saturated heterocycles. The number of thiol groups is 1. The minimum Gasteiger partial charge on any atom is -0.493 e. The van der Waals surface area contributed by atoms with Crippen LogP contribution >= 0.6 is 24.0 Å². The summed E-state index contributed by atoms with van der Waals surface area (Å²) < 4.78 is 6.06. The Hall–Kier alpha value is -1.53. The molecule has 27 heavy (non-hydrogen) atoms. The molecule has 0 bridgehead atoms. The van der Waals surface area contributed by atoms with E-state index in [9.17, 15) is 9.90 Å². The lowest BCUT2D eigenvalue weighted by Gasteiger charge is -2.45. The molecule has 1 N–H and O–H groups in total. The molecule has 1 saturated carbocycles. The Morgan fingerprint density at radius 1 is 1.30 bits per heavy atom. The van der Waals surface area contributed by atoms with Crippen LogP contribution in [-0.2, 0) is 0 Å². The molecular formula is C21H27NO3S2. The van der Waals surface area contributed by atoms with Crippen molar-refractivity contribution in [1.29, 1.82) is 0 Å². The van der Waals surface area contributed by atoms with Crippen molar-refractivity contribution < 1.29 is 14.6 Å². The Morgan fingerprint density at radius 2 is 2.00 bits per heavy atom. The van der Waals surface area contributed by atoms with Crippen LogP contribution in [0.2, 0.25) is 0 Å². The summed E-state index contributed by atoms with van der Waals surface area (Å²) in [5.74, 6) is -0.397. The predicted molar refractivity (Wildman–Crippen MR) is 113 cm³/mol. The highest BCUT2D eigenvalue weighted by Crippen LogP contribution is 2.47. The number of benzene rings is 1. The summed E-state index contributed by atoms with van der Waals surface area (Å²) in [6, 6.07) is 5.13. The maximum atomic E-state index is 11.6. The van der Waals surface area contributed by atoms with Crippen LogP contribution < -0.4 is 4.74 Å². The monoisotopic (exact) mass is 405 g/mol. The molecule has 4 nitrogen and oxygen atoms in total. The van der Waals surface area contributed by atoms with E-state index in [1.165, 1.54) is 19.3 Å². The van der Waals surface area contributed by atoms with Crippen molar-refractivity contribution >= 4 is 29.9 Å². The van der Waals surface area contributed by atoms with Gasteiger partial charge in [0.2, 0.25) is 0 Å². The summed E-state index contributed by atoms with van der Waals surface area (Å²) in [5, 5.41) is 10.3. The largest absolute Gasteiger partial charge is 0.493 e. The number of aryl methyl sites for hydroxylation is 1. The lowest BCUT2D eigenvalue weighted by molar-refractivity contribution is 0.0695. The molecule has 3 rings (SSSR count). The zero-order chi connectivity index (χ0) is 19.7. The van der Waals surface area contributed by atoms with E-state index in [-0.39, 0.29) is 15.7 Å². The lowest BCUT2D eigenvalue weighted by atomic mass is 9.70. The molecule has 1 aliphatic carbocycles. The molecule has 146 valence electrons. The third-order valence-electron chi connectivity index (χ3n) is 5.56. The number of rotatable bonds is 6. The highest BCUT2D eigenvalue weighted by molar-refractivity contribution is 7.81. The van der Waals surface area contributed by atoms with Crippen molar-refractivity contribution in [2.75, 3.05) is 6.61 Å².